The molecule has 3 heterocycles. The maximum atomic E-state index is 13.3. The van der Waals surface area contributed by atoms with Gasteiger partial charge in [-0.3, -0.25) is 14.5 Å². The molecule has 1 atom stereocenters. The SMILES string of the molecule is CCCOc1cccc(/C(O)=C2\C(=O)C(=O)N(c3nc4c(C)cc(C)cc4s3)C2c2ccco2)c1. The van der Waals surface area contributed by atoms with Crippen molar-refractivity contribution in [1.29, 1.82) is 0 Å². The Morgan fingerprint density at radius 1 is 1.17 bits per heavy atom. The number of carbonyl (C=O) groups excluding carboxylic acids is 2. The maximum absolute atomic E-state index is 13.3. The van der Waals surface area contributed by atoms with Crippen LogP contribution in [0.5, 0.6) is 5.75 Å². The Hall–Kier alpha value is -3.91. The van der Waals surface area contributed by atoms with E-state index in [0.717, 1.165) is 27.8 Å². The number of fused-ring (bicyclic) bond motifs is 1. The summed E-state index contributed by atoms with van der Waals surface area (Å²) in [4.78, 5) is 32.6. The molecule has 0 aliphatic carbocycles. The number of benzene rings is 2. The van der Waals surface area contributed by atoms with Crippen LogP contribution in [0.4, 0.5) is 5.13 Å². The monoisotopic (exact) mass is 488 g/mol. The van der Waals surface area contributed by atoms with Crippen LogP contribution in [0.15, 0.2) is 64.8 Å². The molecule has 2 aromatic carbocycles. The van der Waals surface area contributed by atoms with Crippen LogP contribution in [0.1, 0.15) is 41.8 Å². The standard InChI is InChI=1S/C27H24N2O5S/c1-4-10-33-18-8-5-7-17(14-18)24(30)21-23(19-9-6-11-34-19)29(26(32)25(21)31)27-28-22-16(3)12-15(2)13-20(22)35-27/h5-9,11-14,23,30H,4,10H2,1-3H3/b24-21+. The second kappa shape index (κ2) is 9.03. The number of Topliss-reactive ketones (excluding diaryl/α,β-unsaturated/α-hetero) is 1. The van der Waals surface area contributed by atoms with Gasteiger partial charge in [0.15, 0.2) is 5.13 Å². The van der Waals surface area contributed by atoms with Crippen molar-refractivity contribution in [2.75, 3.05) is 11.5 Å². The number of ether oxygens (including phenoxy) is 1. The van der Waals surface area contributed by atoms with Gasteiger partial charge < -0.3 is 14.3 Å². The normalized spacial score (nSPS) is 17.5. The van der Waals surface area contributed by atoms with Gasteiger partial charge in [0, 0.05) is 5.56 Å². The van der Waals surface area contributed by atoms with Crippen molar-refractivity contribution >= 4 is 44.1 Å². The molecule has 1 unspecified atom stereocenters. The van der Waals surface area contributed by atoms with Crippen LogP contribution < -0.4 is 9.64 Å². The quantitative estimate of drug-likeness (QED) is 0.206. The summed E-state index contributed by atoms with van der Waals surface area (Å²) in [6, 6.07) is 13.3. The summed E-state index contributed by atoms with van der Waals surface area (Å²) in [5, 5.41) is 11.6. The van der Waals surface area contributed by atoms with E-state index < -0.39 is 17.7 Å². The average molecular weight is 489 g/mol. The molecule has 1 aliphatic rings. The highest BCUT2D eigenvalue weighted by atomic mass is 32.1. The van der Waals surface area contributed by atoms with Crippen LogP contribution in [-0.2, 0) is 9.59 Å². The van der Waals surface area contributed by atoms with E-state index in [1.807, 2.05) is 32.9 Å². The van der Waals surface area contributed by atoms with Gasteiger partial charge in [0.2, 0.25) is 0 Å². The molecule has 5 rings (SSSR count). The molecule has 35 heavy (non-hydrogen) atoms. The highest BCUT2D eigenvalue weighted by molar-refractivity contribution is 7.22. The largest absolute Gasteiger partial charge is 0.507 e. The molecule has 1 saturated heterocycles. The Bertz CT molecular complexity index is 1470. The minimum atomic E-state index is -0.952. The number of thiazole rings is 1. The highest BCUT2D eigenvalue weighted by Crippen LogP contribution is 2.45. The van der Waals surface area contributed by atoms with Gasteiger partial charge in [0.1, 0.15) is 23.3 Å². The summed E-state index contributed by atoms with van der Waals surface area (Å²) in [5.41, 5.74) is 3.17. The number of carbonyl (C=O) groups is 2. The highest BCUT2D eigenvalue weighted by Gasteiger charge is 2.49. The number of anilines is 1. The smallest absolute Gasteiger partial charge is 0.302 e. The van der Waals surface area contributed by atoms with Crippen molar-refractivity contribution in [2.24, 2.45) is 0 Å². The van der Waals surface area contributed by atoms with E-state index >= 15 is 0 Å². The van der Waals surface area contributed by atoms with Gasteiger partial charge in [-0.25, -0.2) is 4.98 Å². The zero-order chi connectivity index (χ0) is 24.7. The Kier molecular flexibility index (Phi) is 5.90. The first-order valence-electron chi connectivity index (χ1n) is 11.3. The van der Waals surface area contributed by atoms with Crippen LogP contribution >= 0.6 is 11.3 Å². The van der Waals surface area contributed by atoms with Gasteiger partial charge in [-0.05, 0) is 61.7 Å². The Balaban J connectivity index is 1.66. The fourth-order valence-corrected chi connectivity index (χ4v) is 5.48. The lowest BCUT2D eigenvalue weighted by Gasteiger charge is -2.20. The molecule has 2 aromatic heterocycles. The Labute approximate surface area is 206 Å². The molecule has 1 fully saturated rings. The molecule has 1 N–H and O–H groups in total. The first-order chi connectivity index (χ1) is 16.9. The van der Waals surface area contributed by atoms with Crippen molar-refractivity contribution in [1.82, 2.24) is 4.98 Å². The molecule has 8 heteroatoms. The van der Waals surface area contributed by atoms with Gasteiger partial charge in [-0.1, -0.05) is 36.5 Å². The fraction of sp³-hybridized carbons (Fsp3) is 0.222. The van der Waals surface area contributed by atoms with Crippen LogP contribution in [0.3, 0.4) is 0 Å². The molecule has 0 spiro atoms. The lowest BCUT2D eigenvalue weighted by molar-refractivity contribution is -0.132. The first-order valence-corrected chi connectivity index (χ1v) is 12.2. The third kappa shape index (κ3) is 4.00. The van der Waals surface area contributed by atoms with E-state index in [1.165, 1.54) is 22.5 Å². The number of nitrogens with zero attached hydrogens (tertiary/aromatic N) is 2. The van der Waals surface area contributed by atoms with E-state index in [9.17, 15) is 14.7 Å². The zero-order valence-corrected chi connectivity index (χ0v) is 20.4. The Morgan fingerprint density at radius 2 is 2.00 bits per heavy atom. The molecule has 0 bridgehead atoms. The van der Waals surface area contributed by atoms with Crippen LogP contribution in [0, 0.1) is 13.8 Å². The van der Waals surface area contributed by atoms with Gasteiger partial charge in [0.25, 0.3) is 5.78 Å². The Morgan fingerprint density at radius 3 is 2.74 bits per heavy atom. The van der Waals surface area contributed by atoms with E-state index in [4.69, 9.17) is 14.1 Å². The summed E-state index contributed by atoms with van der Waals surface area (Å²) < 4.78 is 12.2. The third-order valence-electron chi connectivity index (χ3n) is 5.86. The number of furan rings is 1. The molecular formula is C27H24N2O5S. The van der Waals surface area contributed by atoms with Crippen molar-refractivity contribution < 1.29 is 23.8 Å². The van der Waals surface area contributed by atoms with E-state index in [0.29, 0.717) is 28.8 Å². The number of rotatable bonds is 6. The predicted octanol–water partition coefficient (Wildman–Crippen LogP) is 5.92. The maximum Gasteiger partial charge on any atom is 0.302 e. The topological polar surface area (TPSA) is 92.9 Å². The average Bonchev–Trinajstić information content (AvgIpc) is 3.56. The molecule has 178 valence electrons. The van der Waals surface area contributed by atoms with Crippen molar-refractivity contribution in [3.8, 4) is 5.75 Å². The second-order valence-corrected chi connectivity index (χ2v) is 9.49. The number of aryl methyl sites for hydroxylation is 2. The number of ketones is 1. The minimum absolute atomic E-state index is 0.0512. The first kappa shape index (κ1) is 22.9. The molecule has 1 aliphatic heterocycles. The van der Waals surface area contributed by atoms with Gasteiger partial charge in [-0.2, -0.15) is 0 Å². The van der Waals surface area contributed by atoms with Crippen molar-refractivity contribution in [2.45, 2.75) is 33.2 Å². The molecule has 0 radical (unpaired) electrons. The van der Waals surface area contributed by atoms with Gasteiger partial charge >= 0.3 is 5.91 Å². The number of aromatic nitrogens is 1. The van der Waals surface area contributed by atoms with Crippen LogP contribution in [0.25, 0.3) is 16.0 Å². The predicted molar refractivity (Wildman–Crippen MR) is 135 cm³/mol. The molecule has 1 amide bonds. The summed E-state index contributed by atoms with van der Waals surface area (Å²) in [6.45, 7) is 6.49. The summed E-state index contributed by atoms with van der Waals surface area (Å²) in [7, 11) is 0. The zero-order valence-electron chi connectivity index (χ0n) is 19.6. The van der Waals surface area contributed by atoms with Crippen molar-refractivity contribution in [3.05, 3.63) is 82.8 Å². The van der Waals surface area contributed by atoms with Gasteiger partial charge in [0.05, 0.1) is 28.7 Å². The minimum Gasteiger partial charge on any atom is -0.507 e. The van der Waals surface area contributed by atoms with Gasteiger partial charge in [-0.15, -0.1) is 0 Å². The van der Waals surface area contributed by atoms with E-state index in [2.05, 4.69) is 0 Å². The molecule has 7 nitrogen and oxygen atoms in total. The number of hydrogen-bond donors (Lipinski definition) is 1. The second-order valence-electron chi connectivity index (χ2n) is 8.49. The summed E-state index contributed by atoms with van der Waals surface area (Å²) in [5.74, 6) is -0.925. The number of aliphatic hydroxyl groups excluding tert-OH is 1. The van der Waals surface area contributed by atoms with E-state index in [-0.39, 0.29) is 11.3 Å². The lowest BCUT2D eigenvalue weighted by Crippen LogP contribution is -2.29. The third-order valence-corrected chi connectivity index (χ3v) is 6.86. The summed E-state index contributed by atoms with van der Waals surface area (Å²) >= 11 is 1.33. The van der Waals surface area contributed by atoms with Crippen molar-refractivity contribution in [3.63, 3.8) is 0 Å². The number of aliphatic hydroxyl groups is 1. The summed E-state index contributed by atoms with van der Waals surface area (Å²) in [6.07, 6.45) is 2.31. The van der Waals surface area contributed by atoms with Crippen LogP contribution in [0.2, 0.25) is 0 Å². The molecular weight excluding hydrogens is 464 g/mol. The molecule has 0 saturated carbocycles. The van der Waals surface area contributed by atoms with Crippen LogP contribution in [-0.4, -0.2) is 28.4 Å². The number of hydrogen-bond acceptors (Lipinski definition) is 7. The fourth-order valence-electron chi connectivity index (χ4n) is 4.32. The number of amides is 1. The van der Waals surface area contributed by atoms with E-state index in [1.54, 1.807) is 36.4 Å². The lowest BCUT2D eigenvalue weighted by atomic mass is 9.99. The molecule has 4 aromatic rings.